The Morgan fingerprint density at radius 3 is 2.12 bits per heavy atom. The number of halogens is 1. The summed E-state index contributed by atoms with van der Waals surface area (Å²) in [6.45, 7) is 6.73. The Balaban J connectivity index is 1.58. The van der Waals surface area contributed by atoms with Gasteiger partial charge in [-0.1, -0.05) is 0 Å². The van der Waals surface area contributed by atoms with Crippen LogP contribution in [0, 0.1) is 5.82 Å². The van der Waals surface area contributed by atoms with E-state index in [1.54, 1.807) is 12.1 Å². The molecule has 0 radical (unpaired) electrons. The monoisotopic (exact) mass is 342 g/mol. The number of anilines is 1. The molecule has 4 nitrogen and oxygen atoms in total. The molecule has 132 valence electrons. The van der Waals surface area contributed by atoms with Crippen LogP contribution < -0.4 is 9.64 Å². The zero-order valence-corrected chi connectivity index (χ0v) is 14.6. The molecule has 1 aliphatic heterocycles. The highest BCUT2D eigenvalue weighted by Crippen LogP contribution is 2.19. The molecule has 0 saturated carbocycles. The predicted molar refractivity (Wildman–Crippen MR) is 96.7 cm³/mol. The number of nitrogens with zero attached hydrogens (tertiary/aromatic N) is 2. The summed E-state index contributed by atoms with van der Waals surface area (Å²) in [4.78, 5) is 16.7. The van der Waals surface area contributed by atoms with Crippen molar-refractivity contribution >= 4 is 11.6 Å². The average Bonchev–Trinajstić information content (AvgIpc) is 2.62. The molecule has 0 atom stereocenters. The minimum atomic E-state index is -0.234. The summed E-state index contributed by atoms with van der Waals surface area (Å²) in [5.41, 5.74) is 1.66. The van der Waals surface area contributed by atoms with Crippen molar-refractivity contribution in [2.24, 2.45) is 0 Å². The van der Waals surface area contributed by atoms with Crippen molar-refractivity contribution in [1.29, 1.82) is 0 Å². The number of hydrogen-bond donors (Lipinski definition) is 0. The molecule has 1 amide bonds. The molecule has 2 aromatic rings. The normalized spacial score (nSPS) is 14.7. The van der Waals surface area contributed by atoms with Gasteiger partial charge in [-0.2, -0.15) is 0 Å². The van der Waals surface area contributed by atoms with Gasteiger partial charge in [0.05, 0.1) is 6.10 Å². The zero-order valence-electron chi connectivity index (χ0n) is 14.6. The Kier molecular flexibility index (Phi) is 5.22. The van der Waals surface area contributed by atoms with E-state index in [0.717, 1.165) is 24.5 Å². The van der Waals surface area contributed by atoms with Gasteiger partial charge in [0.25, 0.3) is 5.91 Å². The number of rotatable bonds is 4. The molecule has 0 N–H and O–H groups in total. The van der Waals surface area contributed by atoms with E-state index < -0.39 is 0 Å². The van der Waals surface area contributed by atoms with E-state index in [9.17, 15) is 9.18 Å². The Hall–Kier alpha value is -2.56. The van der Waals surface area contributed by atoms with Crippen molar-refractivity contribution in [3.63, 3.8) is 0 Å². The lowest BCUT2D eigenvalue weighted by molar-refractivity contribution is 0.0746. The maximum Gasteiger partial charge on any atom is 0.253 e. The number of ether oxygens (including phenoxy) is 1. The van der Waals surface area contributed by atoms with Gasteiger partial charge in [0, 0.05) is 37.4 Å². The third-order valence-electron chi connectivity index (χ3n) is 4.23. The molecule has 0 spiro atoms. The molecular formula is C20H23FN2O2. The fraction of sp³-hybridized carbons (Fsp3) is 0.350. The molecule has 1 fully saturated rings. The summed E-state index contributed by atoms with van der Waals surface area (Å²) in [5, 5.41) is 0. The molecule has 0 aromatic heterocycles. The van der Waals surface area contributed by atoms with Crippen LogP contribution >= 0.6 is 0 Å². The molecule has 5 heteroatoms. The van der Waals surface area contributed by atoms with E-state index in [1.165, 1.54) is 12.1 Å². The van der Waals surface area contributed by atoms with Crippen molar-refractivity contribution in [2.45, 2.75) is 20.0 Å². The van der Waals surface area contributed by atoms with Crippen LogP contribution in [-0.4, -0.2) is 43.1 Å². The summed E-state index contributed by atoms with van der Waals surface area (Å²) < 4.78 is 18.6. The van der Waals surface area contributed by atoms with Crippen LogP contribution in [0.2, 0.25) is 0 Å². The van der Waals surface area contributed by atoms with E-state index >= 15 is 0 Å². The van der Waals surface area contributed by atoms with E-state index in [2.05, 4.69) is 4.90 Å². The van der Waals surface area contributed by atoms with Gasteiger partial charge in [-0.25, -0.2) is 4.39 Å². The molecule has 3 rings (SSSR count). The molecule has 25 heavy (non-hydrogen) atoms. The maximum atomic E-state index is 13.0. The second kappa shape index (κ2) is 7.55. The van der Waals surface area contributed by atoms with Crippen molar-refractivity contribution in [3.8, 4) is 5.75 Å². The fourth-order valence-corrected chi connectivity index (χ4v) is 2.95. The first-order valence-corrected chi connectivity index (χ1v) is 8.59. The Labute approximate surface area is 147 Å². The first-order valence-electron chi connectivity index (χ1n) is 8.59. The van der Waals surface area contributed by atoms with Gasteiger partial charge in [-0.15, -0.1) is 0 Å². The van der Waals surface area contributed by atoms with Crippen LogP contribution in [-0.2, 0) is 0 Å². The molecular weight excluding hydrogens is 319 g/mol. The standard InChI is InChI=1S/C20H23FN2O2/c1-15(2)25-19-9-3-16(4-10-19)20(24)23-13-11-22(12-14-23)18-7-5-17(21)6-8-18/h3-10,15H,11-14H2,1-2H3. The van der Waals surface area contributed by atoms with Crippen LogP contribution in [0.15, 0.2) is 48.5 Å². The summed E-state index contributed by atoms with van der Waals surface area (Å²) in [6, 6.07) is 13.8. The third kappa shape index (κ3) is 4.29. The lowest BCUT2D eigenvalue weighted by Gasteiger charge is -2.36. The first kappa shape index (κ1) is 17.3. The van der Waals surface area contributed by atoms with E-state index in [1.807, 2.05) is 43.0 Å². The largest absolute Gasteiger partial charge is 0.491 e. The van der Waals surface area contributed by atoms with E-state index in [-0.39, 0.29) is 17.8 Å². The summed E-state index contributed by atoms with van der Waals surface area (Å²) in [7, 11) is 0. The van der Waals surface area contributed by atoms with E-state index in [0.29, 0.717) is 18.7 Å². The third-order valence-corrected chi connectivity index (χ3v) is 4.23. The fourth-order valence-electron chi connectivity index (χ4n) is 2.95. The lowest BCUT2D eigenvalue weighted by Crippen LogP contribution is -2.48. The molecule has 0 unspecified atom stereocenters. The number of hydrogen-bond acceptors (Lipinski definition) is 3. The van der Waals surface area contributed by atoms with Crippen molar-refractivity contribution in [1.82, 2.24) is 4.90 Å². The minimum Gasteiger partial charge on any atom is -0.491 e. The van der Waals surface area contributed by atoms with E-state index in [4.69, 9.17) is 4.74 Å². The number of benzene rings is 2. The highest BCUT2D eigenvalue weighted by molar-refractivity contribution is 5.94. The van der Waals surface area contributed by atoms with Gasteiger partial charge in [0.2, 0.25) is 0 Å². The number of amides is 1. The average molecular weight is 342 g/mol. The highest BCUT2D eigenvalue weighted by atomic mass is 19.1. The number of carbonyl (C=O) groups is 1. The quantitative estimate of drug-likeness (QED) is 0.851. The van der Waals surface area contributed by atoms with Crippen molar-refractivity contribution in [3.05, 3.63) is 59.9 Å². The summed E-state index contributed by atoms with van der Waals surface area (Å²) in [6.07, 6.45) is 0.112. The van der Waals surface area contributed by atoms with Gasteiger partial charge in [0.1, 0.15) is 11.6 Å². The molecule has 1 heterocycles. The van der Waals surface area contributed by atoms with Crippen LogP contribution in [0.5, 0.6) is 5.75 Å². The first-order chi connectivity index (χ1) is 12.0. The Morgan fingerprint density at radius 1 is 0.960 bits per heavy atom. The molecule has 0 bridgehead atoms. The summed E-state index contributed by atoms with van der Waals surface area (Å²) >= 11 is 0. The van der Waals surface area contributed by atoms with Gasteiger partial charge < -0.3 is 14.5 Å². The zero-order chi connectivity index (χ0) is 17.8. The Morgan fingerprint density at radius 2 is 1.56 bits per heavy atom. The van der Waals surface area contributed by atoms with Crippen molar-refractivity contribution in [2.75, 3.05) is 31.1 Å². The molecule has 1 saturated heterocycles. The second-order valence-corrected chi connectivity index (χ2v) is 6.45. The molecule has 2 aromatic carbocycles. The van der Waals surface area contributed by atoms with Gasteiger partial charge in [0.15, 0.2) is 0 Å². The maximum absolute atomic E-state index is 13.0. The second-order valence-electron chi connectivity index (χ2n) is 6.45. The van der Waals surface area contributed by atoms with Crippen LogP contribution in [0.4, 0.5) is 10.1 Å². The summed E-state index contributed by atoms with van der Waals surface area (Å²) in [5.74, 6) is 0.574. The minimum absolute atomic E-state index is 0.0369. The lowest BCUT2D eigenvalue weighted by atomic mass is 10.1. The highest BCUT2D eigenvalue weighted by Gasteiger charge is 2.22. The van der Waals surface area contributed by atoms with Gasteiger partial charge in [-0.05, 0) is 62.4 Å². The van der Waals surface area contributed by atoms with Crippen LogP contribution in [0.25, 0.3) is 0 Å². The van der Waals surface area contributed by atoms with Crippen molar-refractivity contribution < 1.29 is 13.9 Å². The van der Waals surface area contributed by atoms with Crippen LogP contribution in [0.3, 0.4) is 0 Å². The SMILES string of the molecule is CC(C)Oc1ccc(C(=O)N2CCN(c3ccc(F)cc3)CC2)cc1. The number of piperazine rings is 1. The predicted octanol–water partition coefficient (Wildman–Crippen LogP) is 3.58. The Bertz CT molecular complexity index is 705. The van der Waals surface area contributed by atoms with Gasteiger partial charge in [-0.3, -0.25) is 4.79 Å². The smallest absolute Gasteiger partial charge is 0.253 e. The van der Waals surface area contributed by atoms with Gasteiger partial charge >= 0.3 is 0 Å². The topological polar surface area (TPSA) is 32.8 Å². The molecule has 0 aliphatic carbocycles. The number of carbonyl (C=O) groups excluding carboxylic acids is 1. The van der Waals surface area contributed by atoms with Crippen LogP contribution in [0.1, 0.15) is 24.2 Å². The molecule has 1 aliphatic rings.